The number of carbonyl (C=O) groups is 2. The fourth-order valence-corrected chi connectivity index (χ4v) is 3.13. The first-order valence-electron chi connectivity index (χ1n) is 6.16. The van der Waals surface area contributed by atoms with Crippen molar-refractivity contribution in [3.63, 3.8) is 0 Å². The van der Waals surface area contributed by atoms with Crippen molar-refractivity contribution in [3.05, 3.63) is 40.7 Å². The quantitative estimate of drug-likeness (QED) is 0.864. The Balaban J connectivity index is 1.78. The summed E-state index contributed by atoms with van der Waals surface area (Å²) < 4.78 is 0. The molecule has 1 aliphatic heterocycles. The summed E-state index contributed by atoms with van der Waals surface area (Å²) in [7, 11) is 0. The molecule has 0 radical (unpaired) electrons. The topological polar surface area (TPSA) is 75.2 Å². The van der Waals surface area contributed by atoms with E-state index in [1.165, 1.54) is 11.3 Å². The summed E-state index contributed by atoms with van der Waals surface area (Å²) in [6.45, 7) is 1.16. The number of nitrogens with one attached hydrogen (secondary N) is 1. The Bertz CT molecular complexity index is 641. The lowest BCUT2D eigenvalue weighted by Gasteiger charge is -2.25. The van der Waals surface area contributed by atoms with Crippen molar-refractivity contribution in [2.45, 2.75) is 13.0 Å². The molecular weight excluding hydrogens is 276 g/mol. The Morgan fingerprint density at radius 2 is 2.40 bits per heavy atom. The highest BCUT2D eigenvalue weighted by atomic mass is 32.1. The van der Waals surface area contributed by atoms with Crippen LogP contribution in [0.25, 0.3) is 0 Å². The number of rotatable bonds is 3. The molecule has 2 aromatic rings. The van der Waals surface area contributed by atoms with Gasteiger partial charge in [-0.2, -0.15) is 0 Å². The van der Waals surface area contributed by atoms with E-state index >= 15 is 0 Å². The number of hydrogen-bond acceptors (Lipinski definition) is 5. The molecule has 1 N–H and O–H groups in total. The Morgan fingerprint density at radius 3 is 3.15 bits per heavy atom. The summed E-state index contributed by atoms with van der Waals surface area (Å²) in [5.74, 6) is -0.0259. The van der Waals surface area contributed by atoms with Gasteiger partial charge >= 0.3 is 0 Å². The van der Waals surface area contributed by atoms with Crippen LogP contribution >= 0.6 is 11.3 Å². The molecule has 6 nitrogen and oxygen atoms in total. The number of fused-ring (bicyclic) bond motifs is 1. The third kappa shape index (κ3) is 2.39. The SMILES string of the molecule is O=CNc1nc2c(s1)CN(C(=O)c1cccnc1)CC2. The smallest absolute Gasteiger partial charge is 0.255 e. The van der Waals surface area contributed by atoms with E-state index in [0.717, 1.165) is 10.6 Å². The van der Waals surface area contributed by atoms with Gasteiger partial charge in [0.15, 0.2) is 5.13 Å². The molecule has 7 heteroatoms. The standard InChI is InChI=1S/C13H12N4O2S/c18-8-15-13-16-10-3-5-17(7-11(10)20-13)12(19)9-2-1-4-14-6-9/h1-2,4,6,8H,3,5,7H2,(H,15,16,18). The minimum absolute atomic E-state index is 0.0259. The molecule has 0 aromatic carbocycles. The van der Waals surface area contributed by atoms with E-state index < -0.39 is 0 Å². The summed E-state index contributed by atoms with van der Waals surface area (Å²) in [5.41, 5.74) is 1.56. The molecule has 3 rings (SSSR count). The number of pyridine rings is 1. The molecule has 20 heavy (non-hydrogen) atoms. The minimum Gasteiger partial charge on any atom is -0.333 e. The Kier molecular flexibility index (Phi) is 3.42. The van der Waals surface area contributed by atoms with Crippen LogP contribution in [-0.4, -0.2) is 33.7 Å². The van der Waals surface area contributed by atoms with Gasteiger partial charge in [0.1, 0.15) is 0 Å². The van der Waals surface area contributed by atoms with Crippen molar-refractivity contribution >= 4 is 28.8 Å². The average molecular weight is 288 g/mol. The normalized spacial score (nSPS) is 13.7. The molecule has 2 aromatic heterocycles. The van der Waals surface area contributed by atoms with Crippen molar-refractivity contribution in [2.75, 3.05) is 11.9 Å². The lowest BCUT2D eigenvalue weighted by Crippen LogP contribution is -2.35. The molecular formula is C13H12N4O2S. The third-order valence-corrected chi connectivity index (χ3v) is 4.12. The molecule has 2 amide bonds. The summed E-state index contributed by atoms with van der Waals surface area (Å²) in [5, 5.41) is 3.14. The van der Waals surface area contributed by atoms with Gasteiger partial charge in [-0.3, -0.25) is 14.6 Å². The monoisotopic (exact) mass is 288 g/mol. The molecule has 0 fully saturated rings. The predicted molar refractivity (Wildman–Crippen MR) is 74.5 cm³/mol. The zero-order chi connectivity index (χ0) is 13.9. The van der Waals surface area contributed by atoms with Gasteiger partial charge in [-0.05, 0) is 12.1 Å². The Morgan fingerprint density at radius 1 is 1.50 bits per heavy atom. The maximum absolute atomic E-state index is 12.3. The van der Waals surface area contributed by atoms with Crippen LogP contribution in [0.2, 0.25) is 0 Å². The van der Waals surface area contributed by atoms with Gasteiger partial charge in [-0.1, -0.05) is 11.3 Å². The van der Waals surface area contributed by atoms with Gasteiger partial charge in [0.05, 0.1) is 17.8 Å². The molecule has 0 atom stereocenters. The molecule has 0 saturated carbocycles. The molecule has 0 unspecified atom stereocenters. The molecule has 0 spiro atoms. The van der Waals surface area contributed by atoms with Gasteiger partial charge in [0, 0.05) is 30.2 Å². The number of carbonyl (C=O) groups excluding carboxylic acids is 2. The molecule has 0 saturated heterocycles. The van der Waals surface area contributed by atoms with E-state index in [1.54, 1.807) is 29.4 Å². The van der Waals surface area contributed by atoms with Crippen molar-refractivity contribution in [1.29, 1.82) is 0 Å². The number of anilines is 1. The molecule has 0 bridgehead atoms. The molecule has 3 heterocycles. The average Bonchev–Trinajstić information content (AvgIpc) is 2.89. The van der Waals surface area contributed by atoms with Crippen LogP contribution < -0.4 is 5.32 Å². The van der Waals surface area contributed by atoms with Crippen LogP contribution in [0.5, 0.6) is 0 Å². The van der Waals surface area contributed by atoms with Gasteiger partial charge in [-0.25, -0.2) is 4.98 Å². The fraction of sp³-hybridized carbons (Fsp3) is 0.231. The van der Waals surface area contributed by atoms with E-state index in [9.17, 15) is 9.59 Å². The second kappa shape index (κ2) is 5.38. The van der Waals surface area contributed by atoms with Crippen molar-refractivity contribution in [3.8, 4) is 0 Å². The first-order valence-corrected chi connectivity index (χ1v) is 6.97. The largest absolute Gasteiger partial charge is 0.333 e. The molecule has 102 valence electrons. The number of thiazole rings is 1. The predicted octanol–water partition coefficient (Wildman–Crippen LogP) is 1.30. The zero-order valence-corrected chi connectivity index (χ0v) is 11.4. The summed E-state index contributed by atoms with van der Waals surface area (Å²) in [6, 6.07) is 3.51. The lowest BCUT2D eigenvalue weighted by atomic mass is 10.1. The van der Waals surface area contributed by atoms with E-state index in [2.05, 4.69) is 15.3 Å². The lowest BCUT2D eigenvalue weighted by molar-refractivity contribution is -0.105. The maximum Gasteiger partial charge on any atom is 0.255 e. The van der Waals surface area contributed by atoms with Gasteiger partial charge in [0.25, 0.3) is 5.91 Å². The summed E-state index contributed by atoms with van der Waals surface area (Å²) >= 11 is 1.41. The van der Waals surface area contributed by atoms with Gasteiger partial charge < -0.3 is 10.2 Å². The maximum atomic E-state index is 12.3. The van der Waals surface area contributed by atoms with Crippen molar-refractivity contribution < 1.29 is 9.59 Å². The van der Waals surface area contributed by atoms with Gasteiger partial charge in [0.2, 0.25) is 6.41 Å². The highest BCUT2D eigenvalue weighted by Gasteiger charge is 2.24. The fourth-order valence-electron chi connectivity index (χ4n) is 2.15. The van der Waals surface area contributed by atoms with E-state index in [-0.39, 0.29) is 5.91 Å². The molecule has 1 aliphatic rings. The van der Waals surface area contributed by atoms with Gasteiger partial charge in [-0.15, -0.1) is 0 Å². The summed E-state index contributed by atoms with van der Waals surface area (Å²) in [4.78, 5) is 33.9. The van der Waals surface area contributed by atoms with E-state index in [0.29, 0.717) is 36.6 Å². The van der Waals surface area contributed by atoms with Crippen LogP contribution in [0.1, 0.15) is 20.9 Å². The highest BCUT2D eigenvalue weighted by Crippen LogP contribution is 2.28. The van der Waals surface area contributed by atoms with E-state index in [4.69, 9.17) is 0 Å². The first kappa shape index (κ1) is 12.7. The van der Waals surface area contributed by atoms with E-state index in [1.807, 2.05) is 0 Å². The van der Waals surface area contributed by atoms with Crippen LogP contribution in [0.3, 0.4) is 0 Å². The number of amides is 2. The third-order valence-electron chi connectivity index (χ3n) is 3.11. The van der Waals surface area contributed by atoms with Crippen LogP contribution in [0.4, 0.5) is 5.13 Å². The first-order chi connectivity index (χ1) is 9.78. The Hall–Kier alpha value is -2.28. The van der Waals surface area contributed by atoms with Crippen molar-refractivity contribution in [1.82, 2.24) is 14.9 Å². The number of nitrogens with zero attached hydrogens (tertiary/aromatic N) is 3. The van der Waals surface area contributed by atoms with Crippen molar-refractivity contribution in [2.24, 2.45) is 0 Å². The minimum atomic E-state index is -0.0259. The summed E-state index contributed by atoms with van der Waals surface area (Å²) in [6.07, 6.45) is 4.54. The Labute approximate surface area is 119 Å². The highest BCUT2D eigenvalue weighted by molar-refractivity contribution is 7.15. The second-order valence-electron chi connectivity index (χ2n) is 4.37. The zero-order valence-electron chi connectivity index (χ0n) is 10.6. The molecule has 0 aliphatic carbocycles. The number of hydrogen-bond donors (Lipinski definition) is 1. The number of aromatic nitrogens is 2. The second-order valence-corrected chi connectivity index (χ2v) is 5.45. The van der Waals surface area contributed by atoms with Crippen LogP contribution in [0, 0.1) is 0 Å². The van der Waals surface area contributed by atoms with Crippen LogP contribution in [-0.2, 0) is 17.8 Å². The van der Waals surface area contributed by atoms with Crippen LogP contribution in [0.15, 0.2) is 24.5 Å².